The standard InChI is InChI=1S/C13H16N2O4/c1-9(16)14-11-6-4-10(5-7-11)13(18)15(2)8-12(17)19-3/h4-7H,8H2,1-3H3,(H,14,16). The third-order valence-electron chi connectivity index (χ3n) is 2.39. The first-order valence-corrected chi connectivity index (χ1v) is 5.64. The summed E-state index contributed by atoms with van der Waals surface area (Å²) in [4.78, 5) is 35.2. The van der Waals surface area contributed by atoms with E-state index in [1.807, 2.05) is 0 Å². The van der Waals surface area contributed by atoms with Gasteiger partial charge in [-0.3, -0.25) is 14.4 Å². The zero-order valence-corrected chi connectivity index (χ0v) is 11.1. The highest BCUT2D eigenvalue weighted by Gasteiger charge is 2.14. The number of carbonyl (C=O) groups is 3. The van der Waals surface area contributed by atoms with E-state index in [9.17, 15) is 14.4 Å². The van der Waals surface area contributed by atoms with Crippen molar-refractivity contribution in [2.75, 3.05) is 26.0 Å². The lowest BCUT2D eigenvalue weighted by atomic mass is 10.2. The molecule has 1 N–H and O–H groups in total. The lowest BCUT2D eigenvalue weighted by molar-refractivity contribution is -0.141. The van der Waals surface area contributed by atoms with E-state index in [0.717, 1.165) is 0 Å². The second-order valence-electron chi connectivity index (χ2n) is 4.00. The number of anilines is 1. The number of ether oxygens (including phenoxy) is 1. The molecule has 1 aromatic rings. The lowest BCUT2D eigenvalue weighted by Gasteiger charge is -2.15. The van der Waals surface area contributed by atoms with Crippen LogP contribution in [-0.2, 0) is 14.3 Å². The number of amides is 2. The molecule has 0 aliphatic rings. The molecule has 0 saturated carbocycles. The van der Waals surface area contributed by atoms with Crippen LogP contribution in [0, 0.1) is 0 Å². The Morgan fingerprint density at radius 2 is 1.79 bits per heavy atom. The van der Waals surface area contributed by atoms with E-state index in [-0.39, 0.29) is 18.4 Å². The molecule has 0 saturated heterocycles. The molecule has 0 spiro atoms. The third kappa shape index (κ3) is 4.42. The molecule has 0 aliphatic carbocycles. The van der Waals surface area contributed by atoms with Gasteiger partial charge in [-0.1, -0.05) is 0 Å². The molecule has 0 atom stereocenters. The van der Waals surface area contributed by atoms with E-state index in [1.54, 1.807) is 24.3 Å². The summed E-state index contributed by atoms with van der Waals surface area (Å²) in [5.41, 5.74) is 1.04. The molecule has 0 radical (unpaired) electrons. The minimum Gasteiger partial charge on any atom is -0.468 e. The molecule has 1 rings (SSSR count). The average Bonchev–Trinajstić information content (AvgIpc) is 2.37. The molecule has 0 aromatic heterocycles. The summed E-state index contributed by atoms with van der Waals surface area (Å²) < 4.78 is 4.49. The maximum atomic E-state index is 12.0. The van der Waals surface area contributed by atoms with Crippen molar-refractivity contribution in [1.29, 1.82) is 0 Å². The SMILES string of the molecule is COC(=O)CN(C)C(=O)c1ccc(NC(C)=O)cc1. The maximum absolute atomic E-state index is 12.0. The van der Waals surface area contributed by atoms with E-state index >= 15 is 0 Å². The van der Waals surface area contributed by atoms with Gasteiger partial charge in [0.05, 0.1) is 7.11 Å². The van der Waals surface area contributed by atoms with Crippen molar-refractivity contribution in [1.82, 2.24) is 4.90 Å². The van der Waals surface area contributed by atoms with Gasteiger partial charge in [-0.2, -0.15) is 0 Å². The van der Waals surface area contributed by atoms with Crippen molar-refractivity contribution < 1.29 is 19.1 Å². The number of hydrogen-bond acceptors (Lipinski definition) is 4. The van der Waals surface area contributed by atoms with Crippen LogP contribution in [0.5, 0.6) is 0 Å². The van der Waals surface area contributed by atoms with Crippen LogP contribution in [-0.4, -0.2) is 43.4 Å². The number of hydrogen-bond donors (Lipinski definition) is 1. The summed E-state index contributed by atoms with van der Waals surface area (Å²) in [6, 6.07) is 6.42. The molecule has 2 amide bonds. The van der Waals surface area contributed by atoms with E-state index in [0.29, 0.717) is 11.3 Å². The molecule has 0 bridgehead atoms. The fourth-order valence-electron chi connectivity index (χ4n) is 1.45. The first kappa shape index (κ1) is 14.7. The number of carbonyl (C=O) groups excluding carboxylic acids is 3. The van der Waals surface area contributed by atoms with Crippen molar-refractivity contribution in [3.63, 3.8) is 0 Å². The average molecular weight is 264 g/mol. The predicted octanol–water partition coefficient (Wildman–Crippen LogP) is 0.890. The number of benzene rings is 1. The van der Waals surface area contributed by atoms with Gasteiger partial charge in [0.1, 0.15) is 6.54 Å². The summed E-state index contributed by atoms with van der Waals surface area (Å²) >= 11 is 0. The van der Waals surface area contributed by atoms with Crippen LogP contribution in [0.25, 0.3) is 0 Å². The van der Waals surface area contributed by atoms with Crippen molar-refractivity contribution in [3.8, 4) is 0 Å². The van der Waals surface area contributed by atoms with Crippen LogP contribution >= 0.6 is 0 Å². The Hall–Kier alpha value is -2.37. The quantitative estimate of drug-likeness (QED) is 0.819. The Balaban J connectivity index is 2.72. The van der Waals surface area contributed by atoms with Gasteiger partial charge >= 0.3 is 5.97 Å². The van der Waals surface area contributed by atoms with Crippen LogP contribution in [0.3, 0.4) is 0 Å². The minimum atomic E-state index is -0.481. The summed E-state index contributed by atoms with van der Waals surface area (Å²) in [5, 5.41) is 2.60. The van der Waals surface area contributed by atoms with Crippen LogP contribution in [0.4, 0.5) is 5.69 Å². The van der Waals surface area contributed by atoms with E-state index in [2.05, 4.69) is 10.1 Å². The number of likely N-dealkylation sites (N-methyl/N-ethyl adjacent to an activating group) is 1. The van der Waals surface area contributed by atoms with Crippen molar-refractivity contribution in [2.24, 2.45) is 0 Å². The Morgan fingerprint density at radius 1 is 1.21 bits per heavy atom. The monoisotopic (exact) mass is 264 g/mol. The second kappa shape index (κ2) is 6.53. The van der Waals surface area contributed by atoms with Gasteiger partial charge in [0.25, 0.3) is 5.91 Å². The largest absolute Gasteiger partial charge is 0.468 e. The van der Waals surface area contributed by atoms with Crippen molar-refractivity contribution >= 4 is 23.5 Å². The molecule has 0 aliphatic heterocycles. The number of nitrogens with one attached hydrogen (secondary N) is 1. The Morgan fingerprint density at radius 3 is 2.26 bits per heavy atom. The van der Waals surface area contributed by atoms with Crippen LogP contribution in [0.15, 0.2) is 24.3 Å². The Bertz CT molecular complexity index is 482. The van der Waals surface area contributed by atoms with Gasteiger partial charge in [0.2, 0.25) is 5.91 Å². The second-order valence-corrected chi connectivity index (χ2v) is 4.00. The first-order valence-electron chi connectivity index (χ1n) is 5.64. The molecule has 6 heteroatoms. The molecule has 0 heterocycles. The van der Waals surface area contributed by atoms with Gasteiger partial charge in [-0.15, -0.1) is 0 Å². The molecule has 1 aromatic carbocycles. The zero-order chi connectivity index (χ0) is 14.4. The number of nitrogens with zero attached hydrogens (tertiary/aromatic N) is 1. The molecule has 19 heavy (non-hydrogen) atoms. The van der Waals surface area contributed by atoms with Crippen LogP contribution in [0.2, 0.25) is 0 Å². The molecule has 102 valence electrons. The minimum absolute atomic E-state index is 0.108. The molecule has 0 fully saturated rings. The zero-order valence-electron chi connectivity index (χ0n) is 11.1. The highest BCUT2D eigenvalue weighted by molar-refractivity contribution is 5.96. The van der Waals surface area contributed by atoms with Gasteiger partial charge < -0.3 is 15.0 Å². The van der Waals surface area contributed by atoms with Gasteiger partial charge in [0.15, 0.2) is 0 Å². The topological polar surface area (TPSA) is 75.7 Å². The van der Waals surface area contributed by atoms with E-state index in [1.165, 1.54) is 26.0 Å². The molecular formula is C13H16N2O4. The van der Waals surface area contributed by atoms with E-state index < -0.39 is 5.97 Å². The molecule has 6 nitrogen and oxygen atoms in total. The number of methoxy groups -OCH3 is 1. The van der Waals surface area contributed by atoms with Crippen molar-refractivity contribution in [2.45, 2.75) is 6.92 Å². The summed E-state index contributed by atoms with van der Waals surface area (Å²) in [5.74, 6) is -0.952. The van der Waals surface area contributed by atoms with Crippen LogP contribution in [0.1, 0.15) is 17.3 Å². The smallest absolute Gasteiger partial charge is 0.325 e. The number of esters is 1. The molecular weight excluding hydrogens is 248 g/mol. The highest BCUT2D eigenvalue weighted by Crippen LogP contribution is 2.11. The van der Waals surface area contributed by atoms with Gasteiger partial charge in [0, 0.05) is 25.2 Å². The third-order valence-corrected chi connectivity index (χ3v) is 2.39. The summed E-state index contributed by atoms with van der Waals surface area (Å²) in [6.07, 6.45) is 0. The highest BCUT2D eigenvalue weighted by atomic mass is 16.5. The summed E-state index contributed by atoms with van der Waals surface area (Å²) in [6.45, 7) is 1.30. The molecule has 0 unspecified atom stereocenters. The first-order chi connectivity index (χ1) is 8.93. The lowest BCUT2D eigenvalue weighted by Crippen LogP contribution is -2.32. The Kier molecular flexibility index (Phi) is 5.05. The Labute approximate surface area is 111 Å². The van der Waals surface area contributed by atoms with Crippen molar-refractivity contribution in [3.05, 3.63) is 29.8 Å². The fourth-order valence-corrected chi connectivity index (χ4v) is 1.45. The summed E-state index contributed by atoms with van der Waals surface area (Å²) in [7, 11) is 2.78. The van der Waals surface area contributed by atoms with Gasteiger partial charge in [-0.25, -0.2) is 0 Å². The van der Waals surface area contributed by atoms with Gasteiger partial charge in [-0.05, 0) is 24.3 Å². The predicted molar refractivity (Wildman–Crippen MR) is 69.7 cm³/mol. The van der Waals surface area contributed by atoms with Crippen LogP contribution < -0.4 is 5.32 Å². The maximum Gasteiger partial charge on any atom is 0.325 e. The normalized spacial score (nSPS) is 9.63. The number of rotatable bonds is 4. The fraction of sp³-hybridized carbons (Fsp3) is 0.308. The van der Waals surface area contributed by atoms with E-state index in [4.69, 9.17) is 0 Å².